The van der Waals surface area contributed by atoms with E-state index >= 15 is 0 Å². The van der Waals surface area contributed by atoms with Gasteiger partial charge in [0.1, 0.15) is 23.7 Å². The van der Waals surface area contributed by atoms with Crippen molar-refractivity contribution in [2.45, 2.75) is 25.9 Å². The Morgan fingerprint density at radius 1 is 0.829 bits per heavy atom. The van der Waals surface area contributed by atoms with Gasteiger partial charge >= 0.3 is 12.2 Å². The Morgan fingerprint density at radius 2 is 1.54 bits per heavy atom. The number of pyridine rings is 2. The van der Waals surface area contributed by atoms with E-state index in [1.165, 1.54) is 20.3 Å². The summed E-state index contributed by atoms with van der Waals surface area (Å²) in [6.45, 7) is 3.45. The Morgan fingerprint density at radius 3 is 2.22 bits per heavy atom. The number of anilines is 2. The number of ether oxygens (including phenoxy) is 3. The van der Waals surface area contributed by atoms with Crippen LogP contribution in [0.1, 0.15) is 31.0 Å². The number of rotatable bonds is 7. The second kappa shape index (κ2) is 10.6. The standard InChI is InChI=1S/C29H25F3N4O5/c1-16(2)19-11-18(36-27(37)15-35(28(36)38)17-7-9-34-26(12-17)29(30,31)32)5-6-22(19)41-23-8-10-33-21-14-25(40-4)24(39-3)13-20(21)23/h5-14,16H,15H2,1-4H3. The number of carbonyl (C=O) groups excluding carboxylic acids is 2. The van der Waals surface area contributed by atoms with Crippen molar-refractivity contribution in [2.24, 2.45) is 0 Å². The Kier molecular flexibility index (Phi) is 7.16. The maximum Gasteiger partial charge on any atom is 0.433 e. The van der Waals surface area contributed by atoms with Crippen LogP contribution < -0.4 is 24.0 Å². The van der Waals surface area contributed by atoms with Gasteiger partial charge in [-0.25, -0.2) is 9.69 Å². The van der Waals surface area contributed by atoms with E-state index in [0.717, 1.165) is 22.1 Å². The van der Waals surface area contributed by atoms with Gasteiger partial charge in [0.2, 0.25) is 0 Å². The van der Waals surface area contributed by atoms with E-state index in [1.54, 1.807) is 42.6 Å². The largest absolute Gasteiger partial charge is 0.493 e. The molecule has 1 fully saturated rings. The van der Waals surface area contributed by atoms with Crippen LogP contribution in [0.3, 0.4) is 0 Å². The van der Waals surface area contributed by atoms with Crippen LogP contribution in [0.5, 0.6) is 23.0 Å². The third-order valence-corrected chi connectivity index (χ3v) is 6.61. The number of urea groups is 1. The second-order valence-electron chi connectivity index (χ2n) is 9.51. The number of halogens is 3. The molecule has 3 heterocycles. The van der Waals surface area contributed by atoms with Crippen LogP contribution in [-0.2, 0) is 11.0 Å². The molecular weight excluding hydrogens is 541 g/mol. The zero-order valence-corrected chi connectivity index (χ0v) is 22.5. The number of aromatic nitrogens is 2. The molecule has 0 bridgehead atoms. The first-order valence-corrected chi connectivity index (χ1v) is 12.5. The summed E-state index contributed by atoms with van der Waals surface area (Å²) in [4.78, 5) is 35.8. The normalized spacial score (nSPS) is 13.9. The highest BCUT2D eigenvalue weighted by atomic mass is 19.4. The molecule has 1 aliphatic rings. The molecule has 1 saturated heterocycles. The Balaban J connectivity index is 1.48. The minimum absolute atomic E-state index is 0.0752. The molecule has 12 heteroatoms. The average molecular weight is 567 g/mol. The monoisotopic (exact) mass is 566 g/mol. The number of imide groups is 1. The van der Waals surface area contributed by atoms with Crippen LogP contribution in [0.15, 0.2) is 60.9 Å². The van der Waals surface area contributed by atoms with Crippen LogP contribution in [0.25, 0.3) is 10.9 Å². The fourth-order valence-corrected chi connectivity index (χ4v) is 4.57. The molecule has 3 amide bonds. The molecule has 41 heavy (non-hydrogen) atoms. The van der Waals surface area contributed by atoms with Gasteiger partial charge in [-0.15, -0.1) is 0 Å². The summed E-state index contributed by atoms with van der Waals surface area (Å²) in [6.07, 6.45) is -2.13. The topological polar surface area (TPSA) is 94.1 Å². The summed E-state index contributed by atoms with van der Waals surface area (Å²) in [5, 5.41) is 0.681. The summed E-state index contributed by atoms with van der Waals surface area (Å²) >= 11 is 0. The molecule has 0 spiro atoms. The number of benzene rings is 2. The van der Waals surface area contributed by atoms with Crippen molar-refractivity contribution in [1.82, 2.24) is 9.97 Å². The highest BCUT2D eigenvalue weighted by Crippen LogP contribution is 2.40. The van der Waals surface area contributed by atoms with Crippen molar-refractivity contribution < 1.29 is 37.0 Å². The van der Waals surface area contributed by atoms with E-state index in [9.17, 15) is 22.8 Å². The molecule has 0 saturated carbocycles. The molecule has 0 atom stereocenters. The van der Waals surface area contributed by atoms with E-state index in [4.69, 9.17) is 14.2 Å². The molecule has 0 N–H and O–H groups in total. The Bertz CT molecular complexity index is 1660. The predicted octanol–water partition coefficient (Wildman–Crippen LogP) is 6.55. The third kappa shape index (κ3) is 5.20. The van der Waals surface area contributed by atoms with Crippen LogP contribution in [0.4, 0.5) is 29.3 Å². The molecule has 0 radical (unpaired) electrons. The van der Waals surface area contributed by atoms with Gasteiger partial charge < -0.3 is 14.2 Å². The Labute approximate surface area is 233 Å². The summed E-state index contributed by atoms with van der Waals surface area (Å²) in [5.41, 5.74) is 0.372. The molecule has 0 aliphatic carbocycles. The number of fused-ring (bicyclic) bond motifs is 1. The van der Waals surface area contributed by atoms with Gasteiger partial charge in [0.05, 0.1) is 25.4 Å². The molecule has 0 unspecified atom stereocenters. The average Bonchev–Trinajstić information content (AvgIpc) is 3.25. The summed E-state index contributed by atoms with van der Waals surface area (Å²) in [5.74, 6) is 1.36. The van der Waals surface area contributed by atoms with Gasteiger partial charge in [-0.2, -0.15) is 13.2 Å². The lowest BCUT2D eigenvalue weighted by Gasteiger charge is -2.21. The SMILES string of the molecule is COc1cc2nccc(Oc3ccc(N4C(=O)CN(c5ccnc(C(F)(F)F)c5)C4=O)cc3C(C)C)c2cc1OC. The lowest BCUT2D eigenvalue weighted by atomic mass is 10.0. The zero-order valence-electron chi connectivity index (χ0n) is 22.5. The quantitative estimate of drug-likeness (QED) is 0.234. The predicted molar refractivity (Wildman–Crippen MR) is 145 cm³/mol. The van der Waals surface area contributed by atoms with Gasteiger partial charge in [-0.05, 0) is 53.9 Å². The number of hydrogen-bond acceptors (Lipinski definition) is 7. The van der Waals surface area contributed by atoms with E-state index in [2.05, 4.69) is 9.97 Å². The van der Waals surface area contributed by atoms with Gasteiger partial charge in [0.25, 0.3) is 5.91 Å². The van der Waals surface area contributed by atoms with E-state index < -0.39 is 30.4 Å². The smallest absolute Gasteiger partial charge is 0.433 e. The molecule has 9 nitrogen and oxygen atoms in total. The van der Waals surface area contributed by atoms with E-state index in [0.29, 0.717) is 39.5 Å². The lowest BCUT2D eigenvalue weighted by Crippen LogP contribution is -2.33. The number of nitrogens with zero attached hydrogens (tertiary/aromatic N) is 4. The number of amides is 3. The second-order valence-corrected chi connectivity index (χ2v) is 9.51. The molecule has 212 valence electrons. The number of alkyl halides is 3. The van der Waals surface area contributed by atoms with E-state index in [1.807, 2.05) is 13.8 Å². The summed E-state index contributed by atoms with van der Waals surface area (Å²) in [7, 11) is 3.06. The van der Waals surface area contributed by atoms with Gasteiger partial charge in [0.15, 0.2) is 11.5 Å². The van der Waals surface area contributed by atoms with Crippen molar-refractivity contribution in [2.75, 3.05) is 30.6 Å². The third-order valence-electron chi connectivity index (χ3n) is 6.61. The highest BCUT2D eigenvalue weighted by molar-refractivity contribution is 6.27. The van der Waals surface area contributed by atoms with Gasteiger partial charge in [-0.3, -0.25) is 19.7 Å². The minimum atomic E-state index is -4.69. The van der Waals surface area contributed by atoms with E-state index in [-0.39, 0.29) is 17.3 Å². The molecule has 2 aromatic heterocycles. The van der Waals surface area contributed by atoms with Crippen LogP contribution in [0.2, 0.25) is 0 Å². The van der Waals surface area contributed by atoms with Crippen molar-refractivity contribution in [1.29, 1.82) is 0 Å². The lowest BCUT2D eigenvalue weighted by molar-refractivity contribution is -0.141. The fourth-order valence-electron chi connectivity index (χ4n) is 4.57. The molecule has 2 aromatic carbocycles. The first kappa shape index (κ1) is 27.7. The fraction of sp³-hybridized carbons (Fsp3) is 0.241. The molecule has 5 rings (SSSR count). The Hall–Kier alpha value is -4.87. The van der Waals surface area contributed by atoms with Crippen molar-refractivity contribution >= 4 is 34.2 Å². The molecule has 4 aromatic rings. The van der Waals surface area contributed by atoms with Crippen LogP contribution in [0, 0.1) is 0 Å². The van der Waals surface area contributed by atoms with Crippen molar-refractivity contribution in [3.05, 3.63) is 72.2 Å². The first-order valence-electron chi connectivity index (χ1n) is 12.5. The highest BCUT2D eigenvalue weighted by Gasteiger charge is 2.40. The number of methoxy groups -OCH3 is 2. The maximum absolute atomic E-state index is 13.3. The number of hydrogen-bond donors (Lipinski definition) is 0. The van der Waals surface area contributed by atoms with Crippen molar-refractivity contribution in [3.63, 3.8) is 0 Å². The summed E-state index contributed by atoms with van der Waals surface area (Å²) in [6, 6.07) is 11.3. The molecular formula is C29H25F3N4O5. The van der Waals surface area contributed by atoms with Gasteiger partial charge in [-0.1, -0.05) is 13.8 Å². The zero-order chi connectivity index (χ0) is 29.5. The minimum Gasteiger partial charge on any atom is -0.493 e. The first-order chi connectivity index (χ1) is 19.5. The maximum atomic E-state index is 13.3. The number of carbonyl (C=O) groups is 2. The van der Waals surface area contributed by atoms with Crippen molar-refractivity contribution in [3.8, 4) is 23.0 Å². The molecule has 1 aliphatic heterocycles. The van der Waals surface area contributed by atoms with Crippen LogP contribution >= 0.6 is 0 Å². The van der Waals surface area contributed by atoms with Gasteiger partial charge in [0, 0.05) is 29.5 Å². The summed E-state index contributed by atoms with van der Waals surface area (Å²) < 4.78 is 56.6. The van der Waals surface area contributed by atoms with Crippen LogP contribution in [-0.4, -0.2) is 42.7 Å².